The van der Waals surface area contributed by atoms with Crippen molar-refractivity contribution < 1.29 is 13.2 Å². The average molecular weight is 415 g/mol. The summed E-state index contributed by atoms with van der Waals surface area (Å²) in [5.41, 5.74) is 1.63. The first-order valence-electron chi connectivity index (χ1n) is 8.53. The molecule has 1 amide bonds. The Morgan fingerprint density at radius 1 is 0.964 bits per heavy atom. The highest BCUT2D eigenvalue weighted by Crippen LogP contribution is 2.19. The number of nitrogens with zero attached hydrogens (tertiary/aromatic N) is 1. The Morgan fingerprint density at radius 3 is 2.39 bits per heavy atom. The molecule has 0 atom stereocenters. The molecule has 0 saturated heterocycles. The molecule has 3 rings (SSSR count). The summed E-state index contributed by atoms with van der Waals surface area (Å²) in [5.74, 6) is -0.281. The van der Waals surface area contributed by atoms with E-state index in [9.17, 15) is 13.2 Å². The lowest BCUT2D eigenvalue weighted by Crippen LogP contribution is -2.26. The molecular formula is C21H19ClN2O3S. The van der Waals surface area contributed by atoms with Gasteiger partial charge in [0.15, 0.2) is 0 Å². The van der Waals surface area contributed by atoms with Crippen LogP contribution in [0.2, 0.25) is 5.02 Å². The van der Waals surface area contributed by atoms with Crippen LogP contribution < -0.4 is 4.72 Å². The number of anilines is 1. The fourth-order valence-corrected chi connectivity index (χ4v) is 4.03. The molecule has 0 spiro atoms. The number of sulfonamides is 1. The number of hydrogen-bond acceptors (Lipinski definition) is 3. The second-order valence-corrected chi connectivity index (χ2v) is 8.41. The maximum absolute atomic E-state index is 12.7. The molecule has 0 radical (unpaired) electrons. The first-order chi connectivity index (χ1) is 13.3. The van der Waals surface area contributed by atoms with Crippen LogP contribution in [0.1, 0.15) is 15.9 Å². The van der Waals surface area contributed by atoms with Crippen molar-refractivity contribution in [1.82, 2.24) is 4.90 Å². The minimum Gasteiger partial charge on any atom is -0.337 e. The summed E-state index contributed by atoms with van der Waals surface area (Å²) >= 11 is 5.99. The number of amides is 1. The normalized spacial score (nSPS) is 11.1. The maximum Gasteiger partial charge on any atom is 0.261 e. The van der Waals surface area contributed by atoms with Crippen molar-refractivity contribution in [2.24, 2.45) is 0 Å². The summed E-state index contributed by atoms with van der Waals surface area (Å²) in [6.07, 6.45) is 0. The van der Waals surface area contributed by atoms with E-state index >= 15 is 0 Å². The molecule has 28 heavy (non-hydrogen) atoms. The van der Waals surface area contributed by atoms with Gasteiger partial charge in [0, 0.05) is 29.9 Å². The van der Waals surface area contributed by atoms with Crippen molar-refractivity contribution in [3.63, 3.8) is 0 Å². The molecule has 1 N–H and O–H groups in total. The van der Waals surface area contributed by atoms with E-state index in [0.29, 0.717) is 22.8 Å². The summed E-state index contributed by atoms with van der Waals surface area (Å²) in [6, 6.07) is 21.8. The van der Waals surface area contributed by atoms with Gasteiger partial charge in [0.05, 0.1) is 4.90 Å². The van der Waals surface area contributed by atoms with Gasteiger partial charge in [-0.15, -0.1) is 0 Å². The number of halogens is 1. The van der Waals surface area contributed by atoms with Gasteiger partial charge in [-0.2, -0.15) is 0 Å². The molecule has 7 heteroatoms. The summed E-state index contributed by atoms with van der Waals surface area (Å²) in [4.78, 5) is 14.3. The molecule has 0 saturated carbocycles. The van der Waals surface area contributed by atoms with Crippen LogP contribution in [-0.2, 0) is 16.6 Å². The number of carbonyl (C=O) groups excluding carboxylic acids is 1. The molecule has 0 fully saturated rings. The number of benzene rings is 3. The lowest BCUT2D eigenvalue weighted by Gasteiger charge is -2.18. The monoisotopic (exact) mass is 414 g/mol. The van der Waals surface area contributed by atoms with Crippen LogP contribution in [0.4, 0.5) is 5.69 Å². The van der Waals surface area contributed by atoms with E-state index < -0.39 is 10.0 Å². The first-order valence-corrected chi connectivity index (χ1v) is 10.4. The Hall–Kier alpha value is -2.83. The minimum atomic E-state index is -3.80. The van der Waals surface area contributed by atoms with Crippen LogP contribution in [0, 0.1) is 0 Å². The molecule has 144 valence electrons. The topological polar surface area (TPSA) is 66.5 Å². The van der Waals surface area contributed by atoms with E-state index in [0.717, 1.165) is 5.56 Å². The molecule has 3 aromatic carbocycles. The van der Waals surface area contributed by atoms with E-state index in [1.807, 2.05) is 12.1 Å². The van der Waals surface area contributed by atoms with Crippen molar-refractivity contribution in [3.8, 4) is 0 Å². The van der Waals surface area contributed by atoms with E-state index in [4.69, 9.17) is 11.6 Å². The zero-order valence-corrected chi connectivity index (χ0v) is 16.7. The second kappa shape index (κ2) is 8.46. The van der Waals surface area contributed by atoms with Crippen LogP contribution in [0.25, 0.3) is 0 Å². The van der Waals surface area contributed by atoms with Gasteiger partial charge in [0.25, 0.3) is 15.9 Å². The lowest BCUT2D eigenvalue weighted by atomic mass is 10.1. The number of para-hydroxylation sites is 1. The van der Waals surface area contributed by atoms with Crippen LogP contribution in [0.3, 0.4) is 0 Å². The van der Waals surface area contributed by atoms with E-state index in [1.165, 1.54) is 17.0 Å². The molecule has 5 nitrogen and oxygen atoms in total. The van der Waals surface area contributed by atoms with Crippen molar-refractivity contribution >= 4 is 33.2 Å². The van der Waals surface area contributed by atoms with Gasteiger partial charge in [0.2, 0.25) is 0 Å². The highest BCUT2D eigenvalue weighted by molar-refractivity contribution is 7.92. The summed E-state index contributed by atoms with van der Waals surface area (Å²) in [7, 11) is -2.14. The summed E-state index contributed by atoms with van der Waals surface area (Å²) in [5, 5.41) is 0.596. The van der Waals surface area contributed by atoms with Crippen molar-refractivity contribution in [1.29, 1.82) is 0 Å². The minimum absolute atomic E-state index is 0.0263. The highest BCUT2D eigenvalue weighted by Gasteiger charge is 2.18. The molecule has 0 unspecified atom stereocenters. The third kappa shape index (κ3) is 4.91. The Kier molecular flexibility index (Phi) is 6.02. The predicted molar refractivity (Wildman–Crippen MR) is 111 cm³/mol. The third-order valence-electron chi connectivity index (χ3n) is 4.07. The molecule has 0 aliphatic heterocycles. The van der Waals surface area contributed by atoms with Gasteiger partial charge in [-0.3, -0.25) is 9.52 Å². The molecule has 0 aliphatic rings. The molecular weight excluding hydrogens is 396 g/mol. The van der Waals surface area contributed by atoms with Crippen molar-refractivity contribution in [2.45, 2.75) is 11.4 Å². The zero-order chi connectivity index (χ0) is 20.1. The van der Waals surface area contributed by atoms with Crippen LogP contribution in [-0.4, -0.2) is 26.3 Å². The van der Waals surface area contributed by atoms with Gasteiger partial charge < -0.3 is 4.90 Å². The third-order valence-corrected chi connectivity index (χ3v) is 5.69. The van der Waals surface area contributed by atoms with Crippen molar-refractivity contribution in [3.05, 3.63) is 95.0 Å². The van der Waals surface area contributed by atoms with Gasteiger partial charge >= 0.3 is 0 Å². The highest BCUT2D eigenvalue weighted by atomic mass is 35.5. The molecule has 3 aromatic rings. The maximum atomic E-state index is 12.7. The molecule has 0 bridgehead atoms. The summed E-state index contributed by atoms with van der Waals surface area (Å²) in [6.45, 7) is 0.360. The number of nitrogens with one attached hydrogen (secondary N) is 1. The average Bonchev–Trinajstić information content (AvgIpc) is 2.68. The predicted octanol–water partition coefficient (Wildman–Crippen LogP) is 4.41. The first kappa shape index (κ1) is 19.9. The quantitative estimate of drug-likeness (QED) is 0.649. The SMILES string of the molecule is CN(Cc1cccc(Cl)c1)C(=O)c1cccc(S(=O)(=O)Nc2ccccc2)c1. The van der Waals surface area contributed by atoms with Gasteiger partial charge in [-0.05, 0) is 48.0 Å². The Balaban J connectivity index is 1.79. The Bertz CT molecular complexity index is 1090. The summed E-state index contributed by atoms with van der Waals surface area (Å²) < 4.78 is 27.8. The molecule has 0 heterocycles. The molecule has 0 aliphatic carbocycles. The molecule has 0 aromatic heterocycles. The van der Waals surface area contributed by atoms with Crippen molar-refractivity contribution in [2.75, 3.05) is 11.8 Å². The smallest absolute Gasteiger partial charge is 0.261 e. The van der Waals surface area contributed by atoms with Gasteiger partial charge in [-0.25, -0.2) is 8.42 Å². The largest absolute Gasteiger partial charge is 0.337 e. The zero-order valence-electron chi connectivity index (χ0n) is 15.2. The number of carbonyl (C=O) groups is 1. The second-order valence-electron chi connectivity index (χ2n) is 6.29. The number of rotatable bonds is 6. The van der Waals surface area contributed by atoms with E-state index in [2.05, 4.69) is 4.72 Å². The van der Waals surface area contributed by atoms with E-state index in [-0.39, 0.29) is 10.8 Å². The van der Waals surface area contributed by atoms with Crippen LogP contribution in [0.5, 0.6) is 0 Å². The standard InChI is InChI=1S/C21H19ClN2O3S/c1-24(15-16-7-5-9-18(22)13-16)21(25)17-8-6-12-20(14-17)28(26,27)23-19-10-3-2-4-11-19/h2-14,23H,15H2,1H3. The Morgan fingerprint density at radius 2 is 1.68 bits per heavy atom. The fourth-order valence-electron chi connectivity index (χ4n) is 2.72. The van der Waals surface area contributed by atoms with Gasteiger partial charge in [0.1, 0.15) is 0 Å². The van der Waals surface area contributed by atoms with Crippen LogP contribution in [0.15, 0.2) is 83.8 Å². The van der Waals surface area contributed by atoms with Crippen LogP contribution >= 0.6 is 11.6 Å². The fraction of sp³-hybridized carbons (Fsp3) is 0.0952. The lowest BCUT2D eigenvalue weighted by molar-refractivity contribution is 0.0785. The van der Waals surface area contributed by atoms with Gasteiger partial charge in [-0.1, -0.05) is 48.0 Å². The van der Waals surface area contributed by atoms with E-state index in [1.54, 1.807) is 61.6 Å². The Labute approximate surface area is 169 Å². The number of hydrogen-bond donors (Lipinski definition) is 1.